The topological polar surface area (TPSA) is 76.0 Å². The average molecular weight is 469 g/mol. The number of aromatic hydroxyl groups is 2. The number of benzene rings is 4. The van der Waals surface area contributed by atoms with Crippen LogP contribution in [0.15, 0.2) is 97.1 Å². The molecular weight excluding hydrogens is 440 g/mol. The minimum absolute atomic E-state index is 0.102. The van der Waals surface area contributed by atoms with Crippen LogP contribution in [0.3, 0.4) is 0 Å². The van der Waals surface area contributed by atoms with Gasteiger partial charge in [0, 0.05) is 24.1 Å². The maximum atomic E-state index is 12.5. The SMILES string of the molecule is O=C(c1ccccc1)c1ccc(OCCCCOc2ccc(Cc3ccccc3)c(O)c2)cc1O. The van der Waals surface area contributed by atoms with E-state index in [1.54, 1.807) is 42.5 Å². The minimum atomic E-state index is -0.231. The number of ether oxygens (including phenoxy) is 2. The van der Waals surface area contributed by atoms with Crippen molar-refractivity contribution < 1.29 is 24.5 Å². The van der Waals surface area contributed by atoms with Crippen molar-refractivity contribution in [3.8, 4) is 23.0 Å². The monoisotopic (exact) mass is 468 g/mol. The average Bonchev–Trinajstić information content (AvgIpc) is 2.88. The van der Waals surface area contributed by atoms with E-state index < -0.39 is 0 Å². The molecule has 4 rings (SSSR count). The van der Waals surface area contributed by atoms with Crippen LogP contribution in [0.25, 0.3) is 0 Å². The maximum Gasteiger partial charge on any atom is 0.196 e. The molecule has 0 aromatic heterocycles. The summed E-state index contributed by atoms with van der Waals surface area (Å²) in [5.74, 6) is 1.03. The highest BCUT2D eigenvalue weighted by Gasteiger charge is 2.14. The lowest BCUT2D eigenvalue weighted by atomic mass is 10.0. The smallest absolute Gasteiger partial charge is 0.196 e. The molecule has 2 N–H and O–H groups in total. The summed E-state index contributed by atoms with van der Waals surface area (Å²) in [6.07, 6.45) is 2.19. The van der Waals surface area contributed by atoms with Gasteiger partial charge in [0.15, 0.2) is 5.78 Å². The zero-order valence-electron chi connectivity index (χ0n) is 19.4. The second-order valence-corrected chi connectivity index (χ2v) is 8.23. The quantitative estimate of drug-likeness (QED) is 0.204. The molecule has 0 heterocycles. The van der Waals surface area contributed by atoms with Gasteiger partial charge in [0.05, 0.1) is 18.8 Å². The van der Waals surface area contributed by atoms with Crippen molar-refractivity contribution in [1.29, 1.82) is 0 Å². The molecule has 0 amide bonds. The summed E-state index contributed by atoms with van der Waals surface area (Å²) in [4.78, 5) is 12.5. The Labute approximate surface area is 205 Å². The standard InChI is InChI=1S/C30H28O5/c31-28-20-25(14-13-24(28)19-22-9-3-1-4-10-22)34-17-7-8-18-35-26-15-16-27(29(32)21-26)30(33)23-11-5-2-6-12-23/h1-6,9-16,20-21,31-32H,7-8,17-19H2. The van der Waals surface area contributed by atoms with Crippen LogP contribution >= 0.6 is 0 Å². The Morgan fingerprint density at radius 3 is 1.83 bits per heavy atom. The van der Waals surface area contributed by atoms with Crippen LogP contribution in [-0.4, -0.2) is 29.2 Å². The summed E-state index contributed by atoms with van der Waals surface area (Å²) in [7, 11) is 0. The van der Waals surface area contributed by atoms with Gasteiger partial charge in [0.2, 0.25) is 0 Å². The maximum absolute atomic E-state index is 12.5. The molecule has 0 saturated carbocycles. The molecular formula is C30H28O5. The van der Waals surface area contributed by atoms with Crippen LogP contribution in [0.1, 0.15) is 39.9 Å². The lowest BCUT2D eigenvalue weighted by Gasteiger charge is -2.11. The number of ketones is 1. The summed E-state index contributed by atoms with van der Waals surface area (Å²) >= 11 is 0. The van der Waals surface area contributed by atoms with Crippen molar-refractivity contribution >= 4 is 5.78 Å². The first kappa shape index (κ1) is 23.9. The molecule has 0 saturated heterocycles. The van der Waals surface area contributed by atoms with Crippen molar-refractivity contribution in [1.82, 2.24) is 0 Å². The van der Waals surface area contributed by atoms with Gasteiger partial charge in [-0.25, -0.2) is 0 Å². The zero-order chi connectivity index (χ0) is 24.5. The van der Waals surface area contributed by atoms with E-state index in [4.69, 9.17) is 9.47 Å². The van der Waals surface area contributed by atoms with Gasteiger partial charge in [0.25, 0.3) is 0 Å². The summed E-state index contributed by atoms with van der Waals surface area (Å²) in [5, 5.41) is 20.6. The molecule has 0 bridgehead atoms. The third kappa shape index (κ3) is 6.64. The van der Waals surface area contributed by atoms with Crippen molar-refractivity contribution in [2.45, 2.75) is 19.3 Å². The highest BCUT2D eigenvalue weighted by molar-refractivity contribution is 6.10. The molecule has 5 heteroatoms. The van der Waals surface area contributed by atoms with E-state index in [1.807, 2.05) is 48.5 Å². The number of hydrogen-bond donors (Lipinski definition) is 2. The second kappa shape index (κ2) is 11.7. The fraction of sp³-hybridized carbons (Fsp3) is 0.167. The van der Waals surface area contributed by atoms with E-state index in [-0.39, 0.29) is 22.8 Å². The first-order chi connectivity index (χ1) is 17.1. The van der Waals surface area contributed by atoms with Gasteiger partial charge in [-0.3, -0.25) is 4.79 Å². The number of unbranched alkanes of at least 4 members (excludes halogenated alkanes) is 1. The van der Waals surface area contributed by atoms with Crippen molar-refractivity contribution in [2.24, 2.45) is 0 Å². The van der Waals surface area contributed by atoms with Gasteiger partial charge in [-0.1, -0.05) is 66.7 Å². The zero-order valence-corrected chi connectivity index (χ0v) is 19.4. The van der Waals surface area contributed by atoms with E-state index in [2.05, 4.69) is 0 Å². The molecule has 4 aromatic carbocycles. The summed E-state index contributed by atoms with van der Waals surface area (Å²) in [6.45, 7) is 0.951. The Bertz CT molecular complexity index is 1250. The normalized spacial score (nSPS) is 10.6. The Morgan fingerprint density at radius 2 is 1.23 bits per heavy atom. The van der Waals surface area contributed by atoms with Crippen LogP contribution in [0.4, 0.5) is 0 Å². The van der Waals surface area contributed by atoms with Crippen LogP contribution in [0, 0.1) is 0 Å². The van der Waals surface area contributed by atoms with Crippen molar-refractivity contribution in [3.63, 3.8) is 0 Å². The van der Waals surface area contributed by atoms with Crippen LogP contribution in [0.5, 0.6) is 23.0 Å². The number of hydrogen-bond acceptors (Lipinski definition) is 5. The Balaban J connectivity index is 1.19. The molecule has 0 fully saturated rings. The first-order valence-corrected chi connectivity index (χ1v) is 11.6. The third-order valence-corrected chi connectivity index (χ3v) is 5.62. The van der Waals surface area contributed by atoms with E-state index in [1.165, 1.54) is 6.07 Å². The Hall–Kier alpha value is -4.25. The molecule has 0 unspecified atom stereocenters. The van der Waals surface area contributed by atoms with Crippen LogP contribution in [-0.2, 0) is 6.42 Å². The number of phenolic OH excluding ortho intramolecular Hbond substituents is 2. The minimum Gasteiger partial charge on any atom is -0.508 e. The molecule has 0 aliphatic carbocycles. The molecule has 4 aromatic rings. The van der Waals surface area contributed by atoms with Gasteiger partial charge in [-0.2, -0.15) is 0 Å². The highest BCUT2D eigenvalue weighted by Crippen LogP contribution is 2.27. The molecule has 0 radical (unpaired) electrons. The lowest BCUT2D eigenvalue weighted by Crippen LogP contribution is -2.04. The third-order valence-electron chi connectivity index (χ3n) is 5.62. The molecule has 35 heavy (non-hydrogen) atoms. The number of rotatable bonds is 11. The first-order valence-electron chi connectivity index (χ1n) is 11.6. The van der Waals surface area contributed by atoms with Gasteiger partial charge in [0.1, 0.15) is 23.0 Å². The number of carbonyl (C=O) groups excluding carboxylic acids is 1. The molecule has 0 atom stereocenters. The largest absolute Gasteiger partial charge is 0.508 e. The Morgan fingerprint density at radius 1 is 0.657 bits per heavy atom. The second-order valence-electron chi connectivity index (χ2n) is 8.23. The lowest BCUT2D eigenvalue weighted by molar-refractivity contribution is 0.103. The molecule has 0 aliphatic heterocycles. The van der Waals surface area contributed by atoms with Gasteiger partial charge in [-0.15, -0.1) is 0 Å². The fourth-order valence-electron chi connectivity index (χ4n) is 3.72. The molecule has 0 spiro atoms. The molecule has 0 aliphatic rings. The van der Waals surface area contributed by atoms with E-state index in [0.29, 0.717) is 36.7 Å². The Kier molecular flexibility index (Phi) is 8.02. The highest BCUT2D eigenvalue weighted by atomic mass is 16.5. The number of carbonyl (C=O) groups is 1. The van der Waals surface area contributed by atoms with Crippen LogP contribution < -0.4 is 9.47 Å². The van der Waals surface area contributed by atoms with E-state index in [0.717, 1.165) is 24.0 Å². The predicted molar refractivity (Wildman–Crippen MR) is 136 cm³/mol. The van der Waals surface area contributed by atoms with Crippen molar-refractivity contribution in [3.05, 3.63) is 119 Å². The van der Waals surface area contributed by atoms with Crippen LogP contribution in [0.2, 0.25) is 0 Å². The summed E-state index contributed by atoms with van der Waals surface area (Å²) < 4.78 is 11.5. The van der Waals surface area contributed by atoms with E-state index in [9.17, 15) is 15.0 Å². The predicted octanol–water partition coefficient (Wildman–Crippen LogP) is 6.16. The summed E-state index contributed by atoms with van der Waals surface area (Å²) in [6, 6.07) is 29.0. The van der Waals surface area contributed by atoms with Gasteiger partial charge >= 0.3 is 0 Å². The van der Waals surface area contributed by atoms with Crippen molar-refractivity contribution in [2.75, 3.05) is 13.2 Å². The summed E-state index contributed by atoms with van der Waals surface area (Å²) in [5.41, 5.74) is 2.77. The van der Waals surface area contributed by atoms with Gasteiger partial charge < -0.3 is 19.7 Å². The molecule has 178 valence electrons. The fourth-order valence-corrected chi connectivity index (χ4v) is 3.72. The number of phenols is 2. The van der Waals surface area contributed by atoms with E-state index >= 15 is 0 Å². The molecule has 5 nitrogen and oxygen atoms in total. The van der Waals surface area contributed by atoms with Gasteiger partial charge in [-0.05, 0) is 42.2 Å².